The van der Waals surface area contributed by atoms with Crippen LogP contribution < -0.4 is 5.32 Å². The Hall–Kier alpha value is -1.92. The molecule has 0 radical (unpaired) electrons. The van der Waals surface area contributed by atoms with E-state index in [0.717, 1.165) is 0 Å². The molecular weight excluding hydrogens is 212 g/mol. The van der Waals surface area contributed by atoms with Crippen molar-refractivity contribution >= 4 is 11.9 Å². The summed E-state index contributed by atoms with van der Waals surface area (Å²) in [4.78, 5) is 26.3. The predicted octanol–water partition coefficient (Wildman–Crippen LogP) is -0.340. The van der Waals surface area contributed by atoms with Crippen molar-refractivity contribution in [1.29, 1.82) is 0 Å². The lowest BCUT2D eigenvalue weighted by Gasteiger charge is -2.01. The smallest absolute Gasteiger partial charge is 0.325 e. The average Bonchev–Trinajstić information content (AvgIpc) is 2.75. The maximum absolute atomic E-state index is 11.4. The van der Waals surface area contributed by atoms with Gasteiger partial charge in [0.2, 0.25) is 5.82 Å². The summed E-state index contributed by atoms with van der Waals surface area (Å²) < 4.78 is 4.65. The number of aromatic amines is 1. The summed E-state index contributed by atoms with van der Waals surface area (Å²) in [6.07, 6.45) is 0.665. The van der Waals surface area contributed by atoms with E-state index in [1.54, 1.807) is 6.92 Å². The van der Waals surface area contributed by atoms with Crippen molar-refractivity contribution in [2.45, 2.75) is 20.3 Å². The monoisotopic (exact) mass is 226 g/mol. The third kappa shape index (κ3) is 3.34. The first-order chi connectivity index (χ1) is 7.67. The lowest BCUT2D eigenvalue weighted by atomic mass is 10.4. The number of H-pyrrole nitrogens is 1. The summed E-state index contributed by atoms with van der Waals surface area (Å²) in [5.41, 5.74) is 0. The van der Waals surface area contributed by atoms with E-state index in [-0.39, 0.29) is 19.0 Å². The number of hydrogen-bond donors (Lipinski definition) is 2. The number of esters is 1. The van der Waals surface area contributed by atoms with E-state index in [4.69, 9.17) is 0 Å². The van der Waals surface area contributed by atoms with Gasteiger partial charge in [-0.05, 0) is 6.92 Å². The first-order valence-corrected chi connectivity index (χ1v) is 5.02. The number of ether oxygens (including phenoxy) is 1. The van der Waals surface area contributed by atoms with E-state index in [9.17, 15) is 9.59 Å². The molecule has 1 aromatic heterocycles. The van der Waals surface area contributed by atoms with Crippen LogP contribution in [0.1, 0.15) is 30.3 Å². The summed E-state index contributed by atoms with van der Waals surface area (Å²) in [5.74, 6) is -0.325. The number of nitrogens with zero attached hydrogens (tertiary/aromatic N) is 2. The molecule has 1 rings (SSSR count). The van der Waals surface area contributed by atoms with E-state index in [1.807, 2.05) is 6.92 Å². The molecule has 1 amide bonds. The van der Waals surface area contributed by atoms with Gasteiger partial charge in [-0.25, -0.2) is 4.98 Å². The highest BCUT2D eigenvalue weighted by Gasteiger charge is 2.13. The third-order valence-corrected chi connectivity index (χ3v) is 1.77. The van der Waals surface area contributed by atoms with Crippen molar-refractivity contribution in [3.05, 3.63) is 11.6 Å². The number of carbonyl (C=O) groups excluding carboxylic acids is 2. The molecule has 0 spiro atoms. The van der Waals surface area contributed by atoms with E-state index in [2.05, 4.69) is 25.2 Å². The summed E-state index contributed by atoms with van der Waals surface area (Å²) >= 11 is 0. The molecule has 0 aliphatic heterocycles. The molecule has 1 aromatic rings. The number of nitrogens with one attached hydrogen (secondary N) is 2. The molecule has 7 nitrogen and oxygen atoms in total. The van der Waals surface area contributed by atoms with Gasteiger partial charge in [0.25, 0.3) is 5.91 Å². The SMILES string of the molecule is CCOC(=O)CNC(=O)c1n[nH]c(CC)n1. The molecule has 1 heterocycles. The van der Waals surface area contributed by atoms with Crippen LogP contribution in [0.15, 0.2) is 0 Å². The third-order valence-electron chi connectivity index (χ3n) is 1.77. The van der Waals surface area contributed by atoms with E-state index >= 15 is 0 Å². The Labute approximate surface area is 92.6 Å². The Kier molecular flexibility index (Phi) is 4.43. The highest BCUT2D eigenvalue weighted by Crippen LogP contribution is 1.93. The lowest BCUT2D eigenvalue weighted by Crippen LogP contribution is -2.31. The van der Waals surface area contributed by atoms with Crippen LogP contribution in [0.3, 0.4) is 0 Å². The zero-order chi connectivity index (χ0) is 12.0. The van der Waals surface area contributed by atoms with Crippen LogP contribution >= 0.6 is 0 Å². The number of amides is 1. The summed E-state index contributed by atoms with van der Waals surface area (Å²) in [6, 6.07) is 0. The van der Waals surface area contributed by atoms with E-state index in [0.29, 0.717) is 12.2 Å². The average molecular weight is 226 g/mol. The van der Waals surface area contributed by atoms with Crippen LogP contribution in [0.4, 0.5) is 0 Å². The molecular formula is C9H14N4O3. The largest absolute Gasteiger partial charge is 0.465 e. The topological polar surface area (TPSA) is 97.0 Å². The predicted molar refractivity (Wildman–Crippen MR) is 54.7 cm³/mol. The van der Waals surface area contributed by atoms with Gasteiger partial charge in [-0.15, -0.1) is 5.10 Å². The van der Waals surface area contributed by atoms with Crippen LogP contribution in [0.2, 0.25) is 0 Å². The molecule has 0 unspecified atom stereocenters. The van der Waals surface area contributed by atoms with Gasteiger partial charge in [0, 0.05) is 6.42 Å². The number of aromatic nitrogens is 3. The maximum Gasteiger partial charge on any atom is 0.325 e. The number of rotatable bonds is 5. The fourth-order valence-corrected chi connectivity index (χ4v) is 0.998. The molecule has 0 atom stereocenters. The molecule has 0 saturated carbocycles. The molecule has 0 bridgehead atoms. The molecule has 7 heteroatoms. The molecule has 0 aromatic carbocycles. The van der Waals surface area contributed by atoms with E-state index in [1.165, 1.54) is 0 Å². The van der Waals surface area contributed by atoms with Gasteiger partial charge in [-0.2, -0.15) is 0 Å². The summed E-state index contributed by atoms with van der Waals surface area (Å²) in [7, 11) is 0. The molecule has 16 heavy (non-hydrogen) atoms. The minimum absolute atomic E-state index is 0.0288. The Bertz CT molecular complexity index is 375. The van der Waals surface area contributed by atoms with Crippen LogP contribution in [-0.4, -0.2) is 40.2 Å². The van der Waals surface area contributed by atoms with Gasteiger partial charge in [0.05, 0.1) is 6.61 Å². The van der Waals surface area contributed by atoms with Crippen molar-refractivity contribution in [2.24, 2.45) is 0 Å². The minimum Gasteiger partial charge on any atom is -0.465 e. The highest BCUT2D eigenvalue weighted by molar-refractivity contribution is 5.92. The van der Waals surface area contributed by atoms with Gasteiger partial charge in [0.15, 0.2) is 0 Å². The first-order valence-electron chi connectivity index (χ1n) is 5.02. The molecule has 0 aliphatic carbocycles. The van der Waals surface area contributed by atoms with Crippen molar-refractivity contribution in [3.63, 3.8) is 0 Å². The normalized spacial score (nSPS) is 9.88. The zero-order valence-electron chi connectivity index (χ0n) is 9.24. The first kappa shape index (κ1) is 12.2. The van der Waals surface area contributed by atoms with Crippen molar-refractivity contribution in [3.8, 4) is 0 Å². The molecule has 88 valence electrons. The summed E-state index contributed by atoms with van der Waals surface area (Å²) in [6.45, 7) is 3.70. The standard InChI is InChI=1S/C9H14N4O3/c1-3-6-11-8(13-12-6)9(15)10-5-7(14)16-4-2/h3-5H2,1-2H3,(H,10,15)(H,11,12,13). The Balaban J connectivity index is 2.43. The second-order valence-corrected chi connectivity index (χ2v) is 2.95. The molecule has 0 saturated heterocycles. The van der Waals surface area contributed by atoms with Gasteiger partial charge >= 0.3 is 5.97 Å². The van der Waals surface area contributed by atoms with Crippen LogP contribution in [0.25, 0.3) is 0 Å². The minimum atomic E-state index is -0.496. The second kappa shape index (κ2) is 5.84. The quantitative estimate of drug-likeness (QED) is 0.669. The number of aryl methyl sites for hydroxylation is 1. The molecule has 2 N–H and O–H groups in total. The Morgan fingerprint density at radius 1 is 1.44 bits per heavy atom. The van der Waals surface area contributed by atoms with E-state index < -0.39 is 11.9 Å². The maximum atomic E-state index is 11.4. The second-order valence-electron chi connectivity index (χ2n) is 2.95. The fraction of sp³-hybridized carbons (Fsp3) is 0.556. The highest BCUT2D eigenvalue weighted by atomic mass is 16.5. The van der Waals surface area contributed by atoms with Crippen molar-refractivity contribution in [2.75, 3.05) is 13.2 Å². The number of hydrogen-bond acceptors (Lipinski definition) is 5. The van der Waals surface area contributed by atoms with Crippen molar-refractivity contribution < 1.29 is 14.3 Å². The van der Waals surface area contributed by atoms with Gasteiger partial charge in [-0.3, -0.25) is 14.7 Å². The fourth-order valence-electron chi connectivity index (χ4n) is 0.998. The van der Waals surface area contributed by atoms with Gasteiger partial charge in [0.1, 0.15) is 12.4 Å². The Morgan fingerprint density at radius 2 is 2.19 bits per heavy atom. The number of carbonyl (C=O) groups is 2. The Morgan fingerprint density at radius 3 is 2.75 bits per heavy atom. The van der Waals surface area contributed by atoms with Gasteiger partial charge in [-0.1, -0.05) is 6.92 Å². The van der Waals surface area contributed by atoms with Crippen LogP contribution in [0, 0.1) is 0 Å². The van der Waals surface area contributed by atoms with Crippen molar-refractivity contribution in [1.82, 2.24) is 20.5 Å². The zero-order valence-corrected chi connectivity index (χ0v) is 9.24. The molecule has 0 fully saturated rings. The summed E-state index contributed by atoms with van der Waals surface area (Å²) in [5, 5.41) is 8.68. The van der Waals surface area contributed by atoms with Crippen LogP contribution in [-0.2, 0) is 16.0 Å². The lowest BCUT2D eigenvalue weighted by molar-refractivity contribution is -0.141. The van der Waals surface area contributed by atoms with Crippen LogP contribution in [0.5, 0.6) is 0 Å². The van der Waals surface area contributed by atoms with Gasteiger partial charge < -0.3 is 10.1 Å². The molecule has 0 aliphatic rings.